The van der Waals surface area contributed by atoms with Crippen molar-refractivity contribution < 1.29 is 28.9 Å². The number of carbonyl (C=O) groups is 2. The summed E-state index contributed by atoms with van der Waals surface area (Å²) in [7, 11) is 0. The highest BCUT2D eigenvalue weighted by molar-refractivity contribution is 5.95. The van der Waals surface area contributed by atoms with E-state index in [-0.39, 0.29) is 43.1 Å². The molecule has 1 aromatic heterocycles. The van der Waals surface area contributed by atoms with Gasteiger partial charge in [0, 0.05) is 24.5 Å². The van der Waals surface area contributed by atoms with E-state index in [9.17, 15) is 14.7 Å². The van der Waals surface area contributed by atoms with Crippen molar-refractivity contribution in [2.75, 3.05) is 19.9 Å². The summed E-state index contributed by atoms with van der Waals surface area (Å²) in [6, 6.07) is 4.69. The van der Waals surface area contributed by atoms with E-state index in [1.807, 2.05) is 0 Å². The van der Waals surface area contributed by atoms with Crippen LogP contribution in [0.4, 0.5) is 0 Å². The van der Waals surface area contributed by atoms with Crippen LogP contribution in [0.1, 0.15) is 40.1 Å². The maximum absolute atomic E-state index is 12.6. The molecule has 164 valence electrons. The van der Waals surface area contributed by atoms with Gasteiger partial charge in [-0.25, -0.2) is 4.98 Å². The molecule has 10 heteroatoms. The number of fused-ring (bicyclic) bond motifs is 1. The number of benzene rings is 1. The molecule has 0 radical (unpaired) electrons. The molecular formula is C21H24N4O6. The zero-order chi connectivity index (χ0) is 21.6. The van der Waals surface area contributed by atoms with Crippen LogP contribution >= 0.6 is 0 Å². The quantitative estimate of drug-likeness (QED) is 0.586. The fraction of sp³-hybridized carbons (Fsp3) is 0.429. The van der Waals surface area contributed by atoms with E-state index >= 15 is 0 Å². The second-order valence-corrected chi connectivity index (χ2v) is 7.34. The van der Waals surface area contributed by atoms with Gasteiger partial charge in [0.15, 0.2) is 11.5 Å². The van der Waals surface area contributed by atoms with E-state index in [1.54, 1.807) is 18.2 Å². The number of aliphatic hydroxyl groups excluding tert-OH is 1. The minimum atomic E-state index is -0.521. The first-order valence-corrected chi connectivity index (χ1v) is 10.1. The minimum Gasteiger partial charge on any atom is -0.454 e. The highest BCUT2D eigenvalue weighted by atomic mass is 16.7. The molecular weight excluding hydrogens is 404 g/mol. The molecule has 1 fully saturated rings. The number of hydrogen-bond donors (Lipinski definition) is 3. The zero-order valence-corrected chi connectivity index (χ0v) is 16.8. The van der Waals surface area contributed by atoms with Crippen LogP contribution in [0, 0.1) is 0 Å². The summed E-state index contributed by atoms with van der Waals surface area (Å²) < 4.78 is 16.5. The normalized spacial score (nSPS) is 22.0. The molecule has 3 heterocycles. The van der Waals surface area contributed by atoms with Gasteiger partial charge in [-0.15, -0.1) is 0 Å². The Bertz CT molecular complexity index is 925. The number of nitrogens with zero attached hydrogens (tertiary/aromatic N) is 2. The lowest BCUT2D eigenvalue weighted by Crippen LogP contribution is -2.51. The molecule has 1 aromatic carbocycles. The molecule has 0 saturated carbocycles. The molecule has 4 rings (SSSR count). The predicted molar refractivity (Wildman–Crippen MR) is 108 cm³/mol. The fourth-order valence-electron chi connectivity index (χ4n) is 3.65. The van der Waals surface area contributed by atoms with E-state index in [4.69, 9.17) is 14.2 Å². The number of nitrogens with one attached hydrogen (secondary N) is 2. The Labute approximate surface area is 178 Å². The summed E-state index contributed by atoms with van der Waals surface area (Å²) in [5.74, 6) is 0.589. The van der Waals surface area contributed by atoms with Crippen LogP contribution in [0.25, 0.3) is 0 Å². The Morgan fingerprint density at radius 1 is 1.13 bits per heavy atom. The molecule has 2 aromatic rings. The highest BCUT2D eigenvalue weighted by Crippen LogP contribution is 2.32. The summed E-state index contributed by atoms with van der Waals surface area (Å²) in [6.45, 7) is 0.338. The van der Waals surface area contributed by atoms with Gasteiger partial charge in [-0.1, -0.05) is 0 Å². The number of aliphatic hydroxyl groups is 1. The molecule has 3 atom stereocenters. The van der Waals surface area contributed by atoms with E-state index in [0.29, 0.717) is 42.9 Å². The van der Waals surface area contributed by atoms with Crippen LogP contribution in [0.2, 0.25) is 0 Å². The topological polar surface area (TPSA) is 132 Å². The minimum absolute atomic E-state index is 0.127. The van der Waals surface area contributed by atoms with Crippen molar-refractivity contribution in [3.05, 3.63) is 48.0 Å². The molecule has 0 spiro atoms. The van der Waals surface area contributed by atoms with E-state index in [2.05, 4.69) is 20.6 Å². The largest absolute Gasteiger partial charge is 0.454 e. The number of ether oxygens (including phenoxy) is 3. The maximum Gasteiger partial charge on any atom is 0.271 e. The Kier molecular flexibility index (Phi) is 6.58. The lowest BCUT2D eigenvalue weighted by Gasteiger charge is -2.36. The van der Waals surface area contributed by atoms with Gasteiger partial charge in [-0.2, -0.15) is 0 Å². The first-order valence-electron chi connectivity index (χ1n) is 10.1. The molecule has 2 aliphatic rings. The van der Waals surface area contributed by atoms with E-state index in [1.165, 1.54) is 18.6 Å². The SMILES string of the molecule is O=C(N[C@@H]1CC[C@@H](CCNC(=O)c2cnccn2)O[C@@H]1CO)c1ccc2c(c1)OCO2. The van der Waals surface area contributed by atoms with Gasteiger partial charge < -0.3 is 30.0 Å². The monoisotopic (exact) mass is 428 g/mol. The molecule has 1 saturated heterocycles. The molecule has 2 amide bonds. The van der Waals surface area contributed by atoms with E-state index < -0.39 is 6.10 Å². The Hall–Kier alpha value is -3.24. The van der Waals surface area contributed by atoms with Crippen LogP contribution in [0.15, 0.2) is 36.8 Å². The zero-order valence-electron chi connectivity index (χ0n) is 16.8. The summed E-state index contributed by atoms with van der Waals surface area (Å²) in [4.78, 5) is 32.5. The average Bonchev–Trinajstić information content (AvgIpc) is 3.28. The van der Waals surface area contributed by atoms with E-state index in [0.717, 1.165) is 0 Å². The smallest absolute Gasteiger partial charge is 0.271 e. The van der Waals surface area contributed by atoms with Crippen molar-refractivity contribution in [3.63, 3.8) is 0 Å². The fourth-order valence-corrected chi connectivity index (χ4v) is 3.65. The second kappa shape index (κ2) is 9.71. The first-order chi connectivity index (χ1) is 15.1. The van der Waals surface area contributed by atoms with Crippen molar-refractivity contribution in [2.24, 2.45) is 0 Å². The van der Waals surface area contributed by atoms with Gasteiger partial charge in [0.05, 0.1) is 24.9 Å². The van der Waals surface area contributed by atoms with Crippen molar-refractivity contribution >= 4 is 11.8 Å². The van der Waals surface area contributed by atoms with Crippen molar-refractivity contribution in [3.8, 4) is 11.5 Å². The van der Waals surface area contributed by atoms with Crippen molar-refractivity contribution in [1.29, 1.82) is 0 Å². The predicted octanol–water partition coefficient (Wildman–Crippen LogP) is 0.664. The molecule has 31 heavy (non-hydrogen) atoms. The highest BCUT2D eigenvalue weighted by Gasteiger charge is 2.32. The van der Waals surface area contributed by atoms with Crippen molar-refractivity contribution in [1.82, 2.24) is 20.6 Å². The maximum atomic E-state index is 12.6. The van der Waals surface area contributed by atoms with Crippen LogP contribution in [-0.4, -0.2) is 65.1 Å². The number of amides is 2. The summed E-state index contributed by atoms with van der Waals surface area (Å²) >= 11 is 0. The number of carbonyl (C=O) groups excluding carboxylic acids is 2. The number of hydrogen-bond acceptors (Lipinski definition) is 8. The molecule has 0 aliphatic carbocycles. The molecule has 3 N–H and O–H groups in total. The third-order valence-electron chi connectivity index (χ3n) is 5.29. The van der Waals surface area contributed by atoms with Gasteiger partial charge in [-0.3, -0.25) is 14.6 Å². The summed E-state index contributed by atoms with van der Waals surface area (Å²) in [6.07, 6.45) is 5.67. The third kappa shape index (κ3) is 5.09. The van der Waals surface area contributed by atoms with Crippen molar-refractivity contribution in [2.45, 2.75) is 37.5 Å². The molecule has 2 aliphatic heterocycles. The Morgan fingerprint density at radius 2 is 2.00 bits per heavy atom. The lowest BCUT2D eigenvalue weighted by atomic mass is 9.96. The Balaban J connectivity index is 1.25. The number of aromatic nitrogens is 2. The Morgan fingerprint density at radius 3 is 2.81 bits per heavy atom. The van der Waals surface area contributed by atoms with Crippen LogP contribution in [-0.2, 0) is 4.74 Å². The van der Waals surface area contributed by atoms with Crippen LogP contribution in [0.5, 0.6) is 11.5 Å². The van der Waals surface area contributed by atoms with Crippen LogP contribution in [0.3, 0.4) is 0 Å². The average molecular weight is 428 g/mol. The standard InChI is InChI=1S/C21H24N4O6/c26-11-19-15(25-20(27)13-1-4-17-18(9-13)30-12-29-17)3-2-14(31-19)5-6-24-21(28)16-10-22-7-8-23-16/h1,4,7-10,14-15,19,26H,2-3,5-6,11-12H2,(H,24,28)(H,25,27)/t14-,15+,19+/m0/s1. The molecule has 10 nitrogen and oxygen atoms in total. The number of rotatable bonds is 7. The first kappa shape index (κ1) is 21.0. The van der Waals surface area contributed by atoms with Gasteiger partial charge in [-0.05, 0) is 37.5 Å². The summed E-state index contributed by atoms with van der Waals surface area (Å²) in [5.41, 5.74) is 0.710. The lowest BCUT2D eigenvalue weighted by molar-refractivity contribution is -0.0893. The second-order valence-electron chi connectivity index (χ2n) is 7.34. The third-order valence-corrected chi connectivity index (χ3v) is 5.29. The van der Waals surface area contributed by atoms with Gasteiger partial charge in [0.2, 0.25) is 6.79 Å². The van der Waals surface area contributed by atoms with Gasteiger partial charge in [0.1, 0.15) is 11.8 Å². The molecule has 0 bridgehead atoms. The van der Waals surface area contributed by atoms with Gasteiger partial charge >= 0.3 is 0 Å². The van der Waals surface area contributed by atoms with Gasteiger partial charge in [0.25, 0.3) is 11.8 Å². The summed E-state index contributed by atoms with van der Waals surface area (Å²) in [5, 5.41) is 15.5. The molecule has 0 unspecified atom stereocenters. The van der Waals surface area contributed by atoms with Crippen LogP contribution < -0.4 is 20.1 Å².